The van der Waals surface area contributed by atoms with Gasteiger partial charge in [0.2, 0.25) is 5.91 Å². The van der Waals surface area contributed by atoms with Crippen LogP contribution in [0.15, 0.2) is 61.2 Å². The topological polar surface area (TPSA) is 85.6 Å². The smallest absolute Gasteiger partial charge is 0.245 e. The van der Waals surface area contributed by atoms with Crippen LogP contribution in [0.1, 0.15) is 17.2 Å². The van der Waals surface area contributed by atoms with Crippen LogP contribution in [0.4, 0.5) is 0 Å². The lowest BCUT2D eigenvalue weighted by molar-refractivity contribution is -0.124. The zero-order valence-corrected chi connectivity index (χ0v) is 12.4. The fourth-order valence-electron chi connectivity index (χ4n) is 2.26. The monoisotopic (exact) mass is 308 g/mol. The lowest BCUT2D eigenvalue weighted by atomic mass is 10.1. The number of rotatable bonds is 6. The molecule has 0 bridgehead atoms. The number of carbonyl (C=O) groups is 1. The van der Waals surface area contributed by atoms with Gasteiger partial charge in [0.25, 0.3) is 0 Å². The quantitative estimate of drug-likeness (QED) is 0.739. The van der Waals surface area contributed by atoms with E-state index in [9.17, 15) is 4.79 Å². The molecule has 3 aromatic rings. The van der Waals surface area contributed by atoms with E-state index in [1.165, 1.54) is 11.0 Å². The first kappa shape index (κ1) is 14.8. The van der Waals surface area contributed by atoms with E-state index in [0.717, 1.165) is 11.1 Å². The van der Waals surface area contributed by atoms with Crippen molar-refractivity contribution in [2.45, 2.75) is 19.0 Å². The number of amides is 1. The molecular weight excluding hydrogens is 292 g/mol. The highest BCUT2D eigenvalue weighted by molar-refractivity contribution is 5.80. The van der Waals surface area contributed by atoms with Gasteiger partial charge in [-0.15, -0.1) is 5.10 Å². The molecule has 0 spiro atoms. The number of benzene rings is 1. The molecule has 0 aliphatic rings. The number of pyridine rings is 1. The summed E-state index contributed by atoms with van der Waals surface area (Å²) in [6.07, 6.45) is 5.40. The largest absolute Gasteiger partial charge is 0.350 e. The van der Waals surface area contributed by atoms with E-state index in [2.05, 4.69) is 25.8 Å². The van der Waals surface area contributed by atoms with Gasteiger partial charge in [-0.3, -0.25) is 9.78 Å². The maximum absolute atomic E-state index is 12.6. The van der Waals surface area contributed by atoms with Crippen LogP contribution < -0.4 is 5.32 Å². The molecule has 0 saturated heterocycles. The molecule has 0 radical (unpaired) electrons. The number of tetrazole rings is 1. The van der Waals surface area contributed by atoms with Gasteiger partial charge in [-0.2, -0.15) is 0 Å². The Hall–Kier alpha value is -3.09. The second-order valence-corrected chi connectivity index (χ2v) is 5.07. The van der Waals surface area contributed by atoms with E-state index in [4.69, 9.17) is 0 Å². The van der Waals surface area contributed by atoms with Crippen LogP contribution in [0.25, 0.3) is 0 Å². The SMILES string of the molecule is O=C(NCc1cccnc1)[C@@H](Cc1ccccc1)n1cnnn1. The summed E-state index contributed by atoms with van der Waals surface area (Å²) in [5.41, 5.74) is 1.99. The lowest BCUT2D eigenvalue weighted by Crippen LogP contribution is -2.34. The van der Waals surface area contributed by atoms with Crippen molar-refractivity contribution in [2.75, 3.05) is 0 Å². The summed E-state index contributed by atoms with van der Waals surface area (Å²) in [4.78, 5) is 16.6. The van der Waals surface area contributed by atoms with Crippen molar-refractivity contribution in [1.82, 2.24) is 30.5 Å². The summed E-state index contributed by atoms with van der Waals surface area (Å²) in [7, 11) is 0. The second kappa shape index (κ2) is 7.26. The minimum atomic E-state index is -0.496. The van der Waals surface area contributed by atoms with Crippen LogP contribution in [0.5, 0.6) is 0 Å². The fourth-order valence-corrected chi connectivity index (χ4v) is 2.26. The fraction of sp³-hybridized carbons (Fsp3) is 0.188. The standard InChI is InChI=1S/C16H16N6O/c23-16(18-11-14-7-4-8-17-10-14)15(22-12-19-20-21-22)9-13-5-2-1-3-6-13/h1-8,10,12,15H,9,11H2,(H,18,23)/t15-/m1/s1. The number of hydrogen-bond donors (Lipinski definition) is 1. The molecule has 0 saturated carbocycles. The third-order valence-electron chi connectivity index (χ3n) is 3.45. The number of nitrogens with zero attached hydrogens (tertiary/aromatic N) is 5. The molecule has 23 heavy (non-hydrogen) atoms. The van der Waals surface area contributed by atoms with E-state index in [1.807, 2.05) is 42.5 Å². The predicted molar refractivity (Wildman–Crippen MR) is 83.1 cm³/mol. The Morgan fingerprint density at radius 1 is 1.13 bits per heavy atom. The lowest BCUT2D eigenvalue weighted by Gasteiger charge is -2.16. The van der Waals surface area contributed by atoms with Crippen molar-refractivity contribution in [3.63, 3.8) is 0 Å². The molecule has 0 fully saturated rings. The minimum absolute atomic E-state index is 0.134. The van der Waals surface area contributed by atoms with E-state index in [1.54, 1.807) is 12.4 Å². The predicted octanol–water partition coefficient (Wildman–Crippen LogP) is 1.17. The number of hydrogen-bond acceptors (Lipinski definition) is 5. The van der Waals surface area contributed by atoms with Crippen molar-refractivity contribution in [1.29, 1.82) is 0 Å². The van der Waals surface area contributed by atoms with Crippen molar-refractivity contribution in [3.05, 3.63) is 72.3 Å². The molecule has 2 heterocycles. The Kier molecular flexibility index (Phi) is 4.68. The summed E-state index contributed by atoms with van der Waals surface area (Å²) >= 11 is 0. The second-order valence-electron chi connectivity index (χ2n) is 5.07. The van der Waals surface area contributed by atoms with Gasteiger partial charge in [0.1, 0.15) is 12.4 Å². The summed E-state index contributed by atoms with van der Waals surface area (Å²) in [5.74, 6) is -0.134. The van der Waals surface area contributed by atoms with Crippen molar-refractivity contribution >= 4 is 5.91 Å². The molecule has 3 rings (SSSR count). The van der Waals surface area contributed by atoms with Crippen molar-refractivity contribution in [3.8, 4) is 0 Å². The van der Waals surface area contributed by atoms with Gasteiger partial charge in [-0.05, 0) is 27.6 Å². The molecule has 1 N–H and O–H groups in total. The number of nitrogens with one attached hydrogen (secondary N) is 1. The maximum atomic E-state index is 12.6. The van der Waals surface area contributed by atoms with E-state index < -0.39 is 6.04 Å². The van der Waals surface area contributed by atoms with Crippen LogP contribution in [0.3, 0.4) is 0 Å². The van der Waals surface area contributed by atoms with Gasteiger partial charge in [-0.25, -0.2) is 4.68 Å². The van der Waals surface area contributed by atoms with E-state index >= 15 is 0 Å². The Morgan fingerprint density at radius 3 is 2.65 bits per heavy atom. The molecule has 1 amide bonds. The molecule has 116 valence electrons. The highest BCUT2D eigenvalue weighted by Crippen LogP contribution is 2.13. The third-order valence-corrected chi connectivity index (χ3v) is 3.45. The van der Waals surface area contributed by atoms with Gasteiger partial charge in [0, 0.05) is 25.4 Å². The summed E-state index contributed by atoms with van der Waals surface area (Å²) in [6, 6.07) is 13.0. The highest BCUT2D eigenvalue weighted by Gasteiger charge is 2.22. The van der Waals surface area contributed by atoms with Crippen LogP contribution >= 0.6 is 0 Å². The molecule has 7 nitrogen and oxygen atoms in total. The molecular formula is C16H16N6O. The maximum Gasteiger partial charge on any atom is 0.245 e. The van der Waals surface area contributed by atoms with Crippen LogP contribution in [0.2, 0.25) is 0 Å². The molecule has 0 aliphatic heterocycles. The Labute approximate surface area is 133 Å². The Balaban J connectivity index is 1.71. The zero-order valence-electron chi connectivity index (χ0n) is 12.4. The highest BCUT2D eigenvalue weighted by atomic mass is 16.2. The Bertz CT molecular complexity index is 730. The summed E-state index contributed by atoms with van der Waals surface area (Å²) in [5, 5.41) is 14.0. The molecule has 1 atom stereocenters. The van der Waals surface area contributed by atoms with Gasteiger partial charge < -0.3 is 5.32 Å². The summed E-state index contributed by atoms with van der Waals surface area (Å²) < 4.78 is 1.48. The average Bonchev–Trinajstić information content (AvgIpc) is 3.14. The van der Waals surface area contributed by atoms with Crippen LogP contribution in [-0.2, 0) is 17.8 Å². The normalized spacial score (nSPS) is 11.8. The van der Waals surface area contributed by atoms with Crippen LogP contribution in [0, 0.1) is 0 Å². The zero-order chi connectivity index (χ0) is 15.9. The molecule has 1 aromatic carbocycles. The van der Waals surface area contributed by atoms with Gasteiger partial charge in [0.05, 0.1) is 0 Å². The first-order chi connectivity index (χ1) is 11.3. The average molecular weight is 308 g/mol. The Morgan fingerprint density at radius 2 is 1.96 bits per heavy atom. The van der Waals surface area contributed by atoms with E-state index in [0.29, 0.717) is 13.0 Å². The molecule has 0 aliphatic carbocycles. The van der Waals surface area contributed by atoms with Crippen molar-refractivity contribution < 1.29 is 4.79 Å². The van der Waals surface area contributed by atoms with Gasteiger partial charge >= 0.3 is 0 Å². The minimum Gasteiger partial charge on any atom is -0.350 e. The number of aromatic nitrogens is 5. The van der Waals surface area contributed by atoms with Gasteiger partial charge in [-0.1, -0.05) is 36.4 Å². The third kappa shape index (κ3) is 3.97. The summed E-state index contributed by atoms with van der Waals surface area (Å²) in [6.45, 7) is 0.417. The van der Waals surface area contributed by atoms with Crippen molar-refractivity contribution in [2.24, 2.45) is 0 Å². The van der Waals surface area contributed by atoms with E-state index in [-0.39, 0.29) is 5.91 Å². The molecule has 2 aromatic heterocycles. The number of carbonyl (C=O) groups excluding carboxylic acids is 1. The molecule has 7 heteroatoms. The van der Waals surface area contributed by atoms with Gasteiger partial charge in [0.15, 0.2) is 0 Å². The first-order valence-corrected chi connectivity index (χ1v) is 7.26. The van der Waals surface area contributed by atoms with Crippen LogP contribution in [-0.4, -0.2) is 31.1 Å². The first-order valence-electron chi connectivity index (χ1n) is 7.26. The molecule has 0 unspecified atom stereocenters.